The molecule has 2 N–H and O–H groups in total. The van der Waals surface area contributed by atoms with E-state index in [0.717, 1.165) is 25.9 Å². The molecule has 0 saturated carbocycles. The van der Waals surface area contributed by atoms with E-state index in [1.54, 1.807) is 0 Å². The third kappa shape index (κ3) is 8.12. The monoisotopic (exact) mass is 233 g/mol. The van der Waals surface area contributed by atoms with Crippen LogP contribution in [0.25, 0.3) is 0 Å². The van der Waals surface area contributed by atoms with Gasteiger partial charge in [-0.3, -0.25) is 0 Å². The third-order valence-electron chi connectivity index (χ3n) is 2.79. The lowest BCUT2D eigenvalue weighted by atomic mass is 9.96. The summed E-state index contributed by atoms with van der Waals surface area (Å²) in [7, 11) is 0. The first-order valence-corrected chi connectivity index (χ1v) is 7.38. The van der Waals surface area contributed by atoms with Gasteiger partial charge in [-0.05, 0) is 30.4 Å². The molecular formula is C12H27NOS. The van der Waals surface area contributed by atoms with Crippen LogP contribution < -0.4 is 5.32 Å². The maximum atomic E-state index is 9.84. The predicted molar refractivity (Wildman–Crippen MR) is 70.6 cm³/mol. The van der Waals surface area contributed by atoms with Crippen LogP contribution >= 0.6 is 11.8 Å². The van der Waals surface area contributed by atoms with Crippen LogP contribution in [-0.4, -0.2) is 35.8 Å². The topological polar surface area (TPSA) is 32.3 Å². The quantitative estimate of drug-likeness (QED) is 0.569. The number of rotatable bonds is 10. The van der Waals surface area contributed by atoms with Gasteiger partial charge in [-0.15, -0.1) is 0 Å². The Balaban J connectivity index is 3.33. The number of thioether (sulfide) groups is 1. The van der Waals surface area contributed by atoms with Crippen molar-refractivity contribution in [3.05, 3.63) is 0 Å². The van der Waals surface area contributed by atoms with Crippen molar-refractivity contribution in [2.24, 2.45) is 5.92 Å². The Bertz CT molecular complexity index is 129. The van der Waals surface area contributed by atoms with Gasteiger partial charge < -0.3 is 10.4 Å². The van der Waals surface area contributed by atoms with Crippen LogP contribution in [0.15, 0.2) is 0 Å². The highest BCUT2D eigenvalue weighted by Gasteiger charge is 2.14. The molecule has 0 heterocycles. The van der Waals surface area contributed by atoms with Gasteiger partial charge in [-0.25, -0.2) is 0 Å². The molecule has 0 rings (SSSR count). The van der Waals surface area contributed by atoms with E-state index in [2.05, 4.69) is 26.1 Å². The molecule has 1 atom stereocenters. The highest BCUT2D eigenvalue weighted by molar-refractivity contribution is 7.99. The summed E-state index contributed by atoms with van der Waals surface area (Å²) in [5, 5.41) is 13.2. The lowest BCUT2D eigenvalue weighted by molar-refractivity contribution is 0.102. The standard InChI is InChI=1S/C12H27NOS/c1-4-11(5-2)12(14)10-13-8-7-9-15-6-3/h11-14H,4-10H2,1-3H3. The van der Waals surface area contributed by atoms with E-state index >= 15 is 0 Å². The zero-order valence-corrected chi connectivity index (χ0v) is 11.3. The molecule has 0 aliphatic heterocycles. The third-order valence-corrected chi connectivity index (χ3v) is 3.78. The average Bonchev–Trinajstić information content (AvgIpc) is 2.25. The van der Waals surface area contributed by atoms with Gasteiger partial charge in [0.1, 0.15) is 0 Å². The molecule has 2 nitrogen and oxygen atoms in total. The van der Waals surface area contributed by atoms with Gasteiger partial charge in [0.2, 0.25) is 0 Å². The molecule has 0 amide bonds. The first-order chi connectivity index (χ1) is 7.26. The molecule has 0 bridgehead atoms. The van der Waals surface area contributed by atoms with Gasteiger partial charge in [-0.1, -0.05) is 33.6 Å². The molecule has 0 fully saturated rings. The van der Waals surface area contributed by atoms with Crippen LogP contribution in [0, 0.1) is 5.92 Å². The van der Waals surface area contributed by atoms with E-state index in [1.807, 2.05) is 11.8 Å². The largest absolute Gasteiger partial charge is 0.392 e. The van der Waals surface area contributed by atoms with Crippen molar-refractivity contribution in [1.82, 2.24) is 5.32 Å². The van der Waals surface area contributed by atoms with E-state index in [4.69, 9.17) is 0 Å². The molecule has 0 aliphatic rings. The Hall–Kier alpha value is 0.270. The lowest BCUT2D eigenvalue weighted by Gasteiger charge is -2.20. The van der Waals surface area contributed by atoms with Crippen molar-refractivity contribution < 1.29 is 5.11 Å². The minimum atomic E-state index is -0.168. The second-order valence-corrected chi connectivity index (χ2v) is 5.29. The number of nitrogens with one attached hydrogen (secondary N) is 1. The van der Waals surface area contributed by atoms with Crippen molar-refractivity contribution in [2.45, 2.75) is 46.1 Å². The first kappa shape index (κ1) is 15.3. The second kappa shape index (κ2) is 10.8. The normalized spacial score (nSPS) is 13.4. The van der Waals surface area contributed by atoms with Gasteiger partial charge in [0.15, 0.2) is 0 Å². The summed E-state index contributed by atoms with van der Waals surface area (Å²) in [5.74, 6) is 2.89. The van der Waals surface area contributed by atoms with Crippen molar-refractivity contribution >= 4 is 11.8 Å². The fourth-order valence-electron chi connectivity index (χ4n) is 1.69. The highest BCUT2D eigenvalue weighted by Crippen LogP contribution is 2.12. The molecule has 0 aromatic carbocycles. The van der Waals surface area contributed by atoms with Crippen molar-refractivity contribution in [3.8, 4) is 0 Å². The summed E-state index contributed by atoms with van der Waals surface area (Å²) in [6.45, 7) is 8.27. The van der Waals surface area contributed by atoms with E-state index in [0.29, 0.717) is 5.92 Å². The molecular weight excluding hydrogens is 206 g/mol. The van der Waals surface area contributed by atoms with E-state index in [9.17, 15) is 5.11 Å². The van der Waals surface area contributed by atoms with Crippen molar-refractivity contribution in [1.29, 1.82) is 0 Å². The Morgan fingerprint density at radius 3 is 2.40 bits per heavy atom. The van der Waals surface area contributed by atoms with E-state index < -0.39 is 0 Å². The molecule has 0 spiro atoms. The van der Waals surface area contributed by atoms with Crippen LogP contribution in [0.1, 0.15) is 40.0 Å². The summed E-state index contributed by atoms with van der Waals surface area (Å²) < 4.78 is 0. The van der Waals surface area contributed by atoms with Crippen molar-refractivity contribution in [3.63, 3.8) is 0 Å². The smallest absolute Gasteiger partial charge is 0.0692 e. The van der Waals surface area contributed by atoms with Crippen LogP contribution in [-0.2, 0) is 0 Å². The molecule has 0 radical (unpaired) electrons. The summed E-state index contributed by atoms with van der Waals surface area (Å²) in [4.78, 5) is 0. The molecule has 0 saturated heterocycles. The first-order valence-electron chi connectivity index (χ1n) is 6.22. The second-order valence-electron chi connectivity index (χ2n) is 3.90. The van der Waals surface area contributed by atoms with E-state index in [-0.39, 0.29) is 6.10 Å². The van der Waals surface area contributed by atoms with Gasteiger partial charge in [-0.2, -0.15) is 11.8 Å². The van der Waals surface area contributed by atoms with Gasteiger partial charge in [0, 0.05) is 6.54 Å². The Kier molecular flexibility index (Phi) is 11.0. The molecule has 0 aromatic heterocycles. The van der Waals surface area contributed by atoms with Crippen LogP contribution in [0.4, 0.5) is 0 Å². The minimum Gasteiger partial charge on any atom is -0.392 e. The molecule has 0 aliphatic carbocycles. The maximum Gasteiger partial charge on any atom is 0.0692 e. The van der Waals surface area contributed by atoms with Crippen LogP contribution in [0.3, 0.4) is 0 Å². The summed E-state index contributed by atoms with van der Waals surface area (Å²) in [6.07, 6.45) is 3.18. The minimum absolute atomic E-state index is 0.168. The SMILES string of the molecule is CCSCCCNCC(O)C(CC)CC. The maximum absolute atomic E-state index is 9.84. The summed E-state index contributed by atoms with van der Waals surface area (Å²) in [5.41, 5.74) is 0. The zero-order valence-electron chi connectivity index (χ0n) is 10.5. The molecule has 0 aromatic rings. The van der Waals surface area contributed by atoms with Gasteiger partial charge >= 0.3 is 0 Å². The fourth-order valence-corrected chi connectivity index (χ4v) is 2.33. The Morgan fingerprint density at radius 1 is 1.20 bits per heavy atom. The van der Waals surface area contributed by atoms with Gasteiger partial charge in [0.05, 0.1) is 6.10 Å². The van der Waals surface area contributed by atoms with Crippen LogP contribution in [0.5, 0.6) is 0 Å². The number of hydrogen-bond donors (Lipinski definition) is 2. The highest BCUT2D eigenvalue weighted by atomic mass is 32.2. The summed E-state index contributed by atoms with van der Waals surface area (Å²) in [6, 6.07) is 0. The number of aliphatic hydroxyl groups is 1. The van der Waals surface area contributed by atoms with Gasteiger partial charge in [0.25, 0.3) is 0 Å². The van der Waals surface area contributed by atoms with E-state index in [1.165, 1.54) is 17.9 Å². The molecule has 3 heteroatoms. The fraction of sp³-hybridized carbons (Fsp3) is 1.00. The zero-order chi connectivity index (χ0) is 11.5. The molecule has 1 unspecified atom stereocenters. The molecule has 15 heavy (non-hydrogen) atoms. The average molecular weight is 233 g/mol. The predicted octanol–water partition coefficient (Wildman–Crippen LogP) is 2.52. The molecule has 92 valence electrons. The van der Waals surface area contributed by atoms with Crippen molar-refractivity contribution in [2.75, 3.05) is 24.6 Å². The van der Waals surface area contributed by atoms with Crippen LogP contribution in [0.2, 0.25) is 0 Å². The Morgan fingerprint density at radius 2 is 1.87 bits per heavy atom. The lowest BCUT2D eigenvalue weighted by Crippen LogP contribution is -2.33. The Labute approximate surface area is 99.2 Å². The summed E-state index contributed by atoms with van der Waals surface area (Å²) >= 11 is 1.98. The number of aliphatic hydroxyl groups excluding tert-OH is 1. The number of hydrogen-bond acceptors (Lipinski definition) is 3.